The number of nitro benzene ring substituents is 1. The van der Waals surface area contributed by atoms with Gasteiger partial charge in [-0.05, 0) is 36.6 Å². The predicted molar refractivity (Wildman–Crippen MR) is 82.3 cm³/mol. The smallest absolute Gasteiger partial charge is 0.301 e. The van der Waals surface area contributed by atoms with E-state index >= 15 is 0 Å². The van der Waals surface area contributed by atoms with E-state index in [9.17, 15) is 10.1 Å². The molecule has 21 heavy (non-hydrogen) atoms. The van der Waals surface area contributed by atoms with Crippen molar-refractivity contribution in [3.05, 3.63) is 40.6 Å². The fourth-order valence-electron chi connectivity index (χ4n) is 2.36. The van der Waals surface area contributed by atoms with Gasteiger partial charge >= 0.3 is 5.69 Å². The van der Waals surface area contributed by atoms with E-state index in [1.807, 2.05) is 13.8 Å². The maximum atomic E-state index is 11.4. The number of pyridine rings is 1. The molecule has 0 aliphatic heterocycles. The van der Waals surface area contributed by atoms with Gasteiger partial charge in [-0.25, -0.2) is 0 Å². The summed E-state index contributed by atoms with van der Waals surface area (Å²) < 4.78 is 0. The molecule has 2 N–H and O–H groups in total. The van der Waals surface area contributed by atoms with Gasteiger partial charge in [-0.1, -0.05) is 13.8 Å². The summed E-state index contributed by atoms with van der Waals surface area (Å²) >= 11 is 0. The quantitative estimate of drug-likeness (QED) is 0.630. The van der Waals surface area contributed by atoms with E-state index in [2.05, 4.69) is 10.3 Å². The molecule has 0 radical (unpaired) electrons. The number of nitrogens with zero attached hydrogens (tertiary/aromatic N) is 2. The van der Waals surface area contributed by atoms with Gasteiger partial charge in [0.2, 0.25) is 0 Å². The average Bonchev–Trinajstić information content (AvgIpc) is 2.45. The third kappa shape index (κ3) is 3.28. The molecule has 1 aromatic heterocycles. The summed E-state index contributed by atoms with van der Waals surface area (Å²) in [6.45, 7) is 4.07. The third-order valence-corrected chi connectivity index (χ3v) is 3.52. The van der Waals surface area contributed by atoms with Crippen molar-refractivity contribution < 1.29 is 10.0 Å². The number of fused-ring (bicyclic) bond motifs is 1. The lowest BCUT2D eigenvalue weighted by molar-refractivity contribution is -0.382. The second-order valence-electron chi connectivity index (χ2n) is 5.30. The summed E-state index contributed by atoms with van der Waals surface area (Å²) in [7, 11) is 0. The Kier molecular flexibility index (Phi) is 4.70. The van der Waals surface area contributed by atoms with Gasteiger partial charge in [0.05, 0.1) is 15.8 Å². The molecule has 2 aromatic rings. The van der Waals surface area contributed by atoms with Crippen molar-refractivity contribution in [1.29, 1.82) is 0 Å². The molecule has 1 atom stereocenters. The molecule has 1 aromatic carbocycles. The molecule has 0 saturated heterocycles. The van der Waals surface area contributed by atoms with Gasteiger partial charge in [-0.15, -0.1) is 0 Å². The van der Waals surface area contributed by atoms with E-state index in [0.717, 1.165) is 0 Å². The molecule has 0 spiro atoms. The van der Waals surface area contributed by atoms with Crippen molar-refractivity contribution >= 4 is 22.3 Å². The van der Waals surface area contributed by atoms with Gasteiger partial charge in [0, 0.05) is 18.8 Å². The van der Waals surface area contributed by atoms with Gasteiger partial charge in [0.25, 0.3) is 0 Å². The normalized spacial score (nSPS) is 12.6. The van der Waals surface area contributed by atoms with Crippen LogP contribution in [0.15, 0.2) is 30.5 Å². The number of hydrogen-bond acceptors (Lipinski definition) is 5. The zero-order valence-electron chi connectivity index (χ0n) is 12.1. The SMILES string of the molecule is CC(C)C(CCO)Nc1ccc2ncccc2c1[N+](=O)[O-]. The molecule has 0 amide bonds. The lowest BCUT2D eigenvalue weighted by Gasteiger charge is -2.22. The van der Waals surface area contributed by atoms with Crippen molar-refractivity contribution in [2.24, 2.45) is 5.92 Å². The Bertz CT molecular complexity index is 643. The zero-order valence-corrected chi connectivity index (χ0v) is 12.1. The first-order valence-corrected chi connectivity index (χ1v) is 6.94. The number of nitro groups is 1. The molecule has 0 saturated carbocycles. The molecule has 6 heteroatoms. The van der Waals surface area contributed by atoms with Gasteiger partial charge < -0.3 is 10.4 Å². The van der Waals surface area contributed by atoms with Crippen molar-refractivity contribution in [3.8, 4) is 0 Å². The van der Waals surface area contributed by atoms with Crippen LogP contribution in [0.25, 0.3) is 10.9 Å². The lowest BCUT2D eigenvalue weighted by Crippen LogP contribution is -2.27. The Morgan fingerprint density at radius 3 is 2.76 bits per heavy atom. The Morgan fingerprint density at radius 2 is 2.14 bits per heavy atom. The summed E-state index contributed by atoms with van der Waals surface area (Å²) in [6, 6.07) is 6.80. The summed E-state index contributed by atoms with van der Waals surface area (Å²) in [5.41, 5.74) is 1.09. The van der Waals surface area contributed by atoms with E-state index in [1.165, 1.54) is 0 Å². The Balaban J connectivity index is 2.48. The second kappa shape index (κ2) is 6.49. The molecule has 0 bridgehead atoms. The number of rotatable bonds is 6. The molecular weight excluding hydrogens is 270 g/mol. The van der Waals surface area contributed by atoms with Crippen LogP contribution in [0.4, 0.5) is 11.4 Å². The summed E-state index contributed by atoms with van der Waals surface area (Å²) in [5.74, 6) is 0.251. The summed E-state index contributed by atoms with van der Waals surface area (Å²) in [5, 5.41) is 24.3. The first-order valence-electron chi connectivity index (χ1n) is 6.94. The van der Waals surface area contributed by atoms with Gasteiger partial charge in [0.15, 0.2) is 0 Å². The van der Waals surface area contributed by atoms with Crippen LogP contribution in [-0.4, -0.2) is 27.7 Å². The zero-order chi connectivity index (χ0) is 15.4. The third-order valence-electron chi connectivity index (χ3n) is 3.52. The largest absolute Gasteiger partial charge is 0.396 e. The molecule has 112 valence electrons. The Hall–Kier alpha value is -2.21. The second-order valence-corrected chi connectivity index (χ2v) is 5.30. The minimum absolute atomic E-state index is 0.0252. The number of aliphatic hydroxyl groups excluding tert-OH is 1. The highest BCUT2D eigenvalue weighted by Gasteiger charge is 2.22. The highest BCUT2D eigenvalue weighted by Crippen LogP contribution is 2.33. The van der Waals surface area contributed by atoms with Crippen LogP contribution in [-0.2, 0) is 0 Å². The minimum atomic E-state index is -0.386. The fourth-order valence-corrected chi connectivity index (χ4v) is 2.36. The maximum Gasteiger partial charge on any atom is 0.301 e. The van der Waals surface area contributed by atoms with Crippen LogP contribution in [0.3, 0.4) is 0 Å². The van der Waals surface area contributed by atoms with E-state index < -0.39 is 0 Å². The molecule has 0 aliphatic rings. The van der Waals surface area contributed by atoms with Gasteiger partial charge in [0.1, 0.15) is 5.69 Å². The van der Waals surface area contributed by atoms with Crippen LogP contribution in [0.1, 0.15) is 20.3 Å². The van der Waals surface area contributed by atoms with E-state index in [4.69, 9.17) is 5.11 Å². The van der Waals surface area contributed by atoms with Crippen molar-refractivity contribution in [2.45, 2.75) is 26.3 Å². The fraction of sp³-hybridized carbons (Fsp3) is 0.400. The number of anilines is 1. The minimum Gasteiger partial charge on any atom is -0.396 e. The molecule has 1 unspecified atom stereocenters. The number of hydrogen-bond donors (Lipinski definition) is 2. The number of aromatic nitrogens is 1. The number of aliphatic hydroxyl groups is 1. The highest BCUT2D eigenvalue weighted by molar-refractivity contribution is 5.94. The molecule has 0 fully saturated rings. The van der Waals surface area contributed by atoms with Gasteiger partial charge in [-0.2, -0.15) is 0 Å². The highest BCUT2D eigenvalue weighted by atomic mass is 16.6. The molecular formula is C15H19N3O3. The van der Waals surface area contributed by atoms with Crippen LogP contribution in [0, 0.1) is 16.0 Å². The Labute approximate surface area is 123 Å². The average molecular weight is 289 g/mol. The molecule has 2 rings (SSSR count). The topological polar surface area (TPSA) is 88.3 Å². The number of nitrogens with one attached hydrogen (secondary N) is 1. The van der Waals surface area contributed by atoms with Crippen molar-refractivity contribution in [1.82, 2.24) is 4.98 Å². The summed E-state index contributed by atoms with van der Waals surface area (Å²) in [6.07, 6.45) is 2.15. The number of benzene rings is 1. The molecule has 1 heterocycles. The molecule has 6 nitrogen and oxygen atoms in total. The van der Waals surface area contributed by atoms with Crippen LogP contribution in [0.5, 0.6) is 0 Å². The van der Waals surface area contributed by atoms with Crippen LogP contribution in [0.2, 0.25) is 0 Å². The monoisotopic (exact) mass is 289 g/mol. The van der Waals surface area contributed by atoms with E-state index in [0.29, 0.717) is 23.0 Å². The predicted octanol–water partition coefficient (Wildman–Crippen LogP) is 2.96. The van der Waals surface area contributed by atoms with E-state index in [1.54, 1.807) is 30.5 Å². The summed E-state index contributed by atoms with van der Waals surface area (Å²) in [4.78, 5) is 15.2. The molecule has 0 aliphatic carbocycles. The van der Waals surface area contributed by atoms with Gasteiger partial charge in [-0.3, -0.25) is 15.1 Å². The van der Waals surface area contributed by atoms with E-state index in [-0.39, 0.29) is 29.2 Å². The lowest BCUT2D eigenvalue weighted by atomic mass is 10.0. The first-order chi connectivity index (χ1) is 10.0. The maximum absolute atomic E-state index is 11.4. The first kappa shape index (κ1) is 15.2. The van der Waals surface area contributed by atoms with Crippen LogP contribution >= 0.6 is 0 Å². The standard InChI is InChI=1S/C15H19N3O3/c1-10(2)12(7-9-19)17-14-6-5-13-11(4-3-8-16-13)15(14)18(20)21/h3-6,8,10,12,17,19H,7,9H2,1-2H3. The van der Waals surface area contributed by atoms with Crippen molar-refractivity contribution in [2.75, 3.05) is 11.9 Å². The van der Waals surface area contributed by atoms with Crippen molar-refractivity contribution in [3.63, 3.8) is 0 Å². The Morgan fingerprint density at radius 1 is 1.38 bits per heavy atom. The van der Waals surface area contributed by atoms with Crippen LogP contribution < -0.4 is 5.32 Å².